The van der Waals surface area contributed by atoms with Crippen LogP contribution in [0.4, 0.5) is 4.79 Å². The Labute approximate surface area is 144 Å². The van der Waals surface area contributed by atoms with Crippen molar-refractivity contribution in [2.75, 3.05) is 39.3 Å². The molecule has 23 heavy (non-hydrogen) atoms. The average molecular weight is 338 g/mol. The minimum absolute atomic E-state index is 0.0558. The summed E-state index contributed by atoms with van der Waals surface area (Å²) in [7, 11) is 0. The second kappa shape index (κ2) is 9.78. The van der Waals surface area contributed by atoms with E-state index < -0.39 is 0 Å². The molecule has 1 aliphatic heterocycles. The fourth-order valence-corrected chi connectivity index (χ4v) is 3.09. The molecule has 0 radical (unpaired) electrons. The number of piperazine rings is 1. The van der Waals surface area contributed by atoms with Gasteiger partial charge in [0.2, 0.25) is 0 Å². The molecule has 2 rings (SSSR count). The van der Waals surface area contributed by atoms with E-state index in [4.69, 9.17) is 11.6 Å². The molecular formula is C18H28ClN3O. The van der Waals surface area contributed by atoms with Crippen LogP contribution in [0.3, 0.4) is 0 Å². The number of hydrogen-bond acceptors (Lipinski definition) is 2. The number of benzene rings is 1. The van der Waals surface area contributed by atoms with E-state index in [1.165, 1.54) is 19.3 Å². The van der Waals surface area contributed by atoms with Crippen molar-refractivity contribution in [2.45, 2.75) is 32.6 Å². The molecule has 5 heteroatoms. The number of nitrogens with one attached hydrogen (secondary N) is 1. The first-order valence-corrected chi connectivity index (χ1v) is 9.06. The van der Waals surface area contributed by atoms with Gasteiger partial charge in [-0.15, -0.1) is 0 Å². The third-order valence-electron chi connectivity index (χ3n) is 4.32. The van der Waals surface area contributed by atoms with Gasteiger partial charge < -0.3 is 10.2 Å². The minimum atomic E-state index is 0.0558. The van der Waals surface area contributed by atoms with Gasteiger partial charge in [-0.25, -0.2) is 4.79 Å². The third kappa shape index (κ3) is 6.40. The summed E-state index contributed by atoms with van der Waals surface area (Å²) < 4.78 is 0. The average Bonchev–Trinajstić information content (AvgIpc) is 2.56. The number of urea groups is 1. The first-order valence-electron chi connectivity index (χ1n) is 8.68. The van der Waals surface area contributed by atoms with Crippen LogP contribution in [-0.2, 0) is 6.42 Å². The third-order valence-corrected chi connectivity index (χ3v) is 4.55. The predicted octanol–water partition coefficient (Wildman–Crippen LogP) is 3.40. The Hall–Kier alpha value is -1.26. The number of amides is 2. The Morgan fingerprint density at radius 1 is 1.22 bits per heavy atom. The first-order chi connectivity index (χ1) is 11.2. The van der Waals surface area contributed by atoms with Crippen LogP contribution in [0.5, 0.6) is 0 Å². The van der Waals surface area contributed by atoms with Gasteiger partial charge in [0.25, 0.3) is 0 Å². The number of halogens is 1. The molecule has 1 aliphatic rings. The molecule has 4 nitrogen and oxygen atoms in total. The van der Waals surface area contributed by atoms with Gasteiger partial charge in [-0.3, -0.25) is 4.90 Å². The van der Waals surface area contributed by atoms with Gasteiger partial charge in [0, 0.05) is 37.7 Å². The van der Waals surface area contributed by atoms with Crippen molar-refractivity contribution in [2.24, 2.45) is 0 Å². The highest BCUT2D eigenvalue weighted by Gasteiger charge is 2.20. The van der Waals surface area contributed by atoms with Crippen molar-refractivity contribution in [3.8, 4) is 0 Å². The summed E-state index contributed by atoms with van der Waals surface area (Å²) in [4.78, 5) is 16.6. The van der Waals surface area contributed by atoms with Crippen molar-refractivity contribution in [1.29, 1.82) is 0 Å². The van der Waals surface area contributed by atoms with E-state index in [0.29, 0.717) is 6.54 Å². The number of rotatable bonds is 7. The lowest BCUT2D eigenvalue weighted by Crippen LogP contribution is -2.52. The number of carbonyl (C=O) groups is 1. The molecule has 0 atom stereocenters. The van der Waals surface area contributed by atoms with Gasteiger partial charge in [-0.2, -0.15) is 0 Å². The van der Waals surface area contributed by atoms with E-state index in [-0.39, 0.29) is 6.03 Å². The van der Waals surface area contributed by atoms with Crippen molar-refractivity contribution >= 4 is 17.6 Å². The summed E-state index contributed by atoms with van der Waals surface area (Å²) in [6.07, 6.45) is 4.63. The number of nitrogens with zero attached hydrogens (tertiary/aromatic N) is 2. The normalized spacial score (nSPS) is 15.7. The van der Waals surface area contributed by atoms with E-state index in [9.17, 15) is 4.79 Å². The highest BCUT2D eigenvalue weighted by Crippen LogP contribution is 2.11. The smallest absolute Gasteiger partial charge is 0.317 e. The minimum Gasteiger partial charge on any atom is -0.338 e. The van der Waals surface area contributed by atoms with Gasteiger partial charge in [0.15, 0.2) is 0 Å². The lowest BCUT2D eigenvalue weighted by Gasteiger charge is -2.34. The molecule has 128 valence electrons. The van der Waals surface area contributed by atoms with Gasteiger partial charge in [0.05, 0.1) is 0 Å². The highest BCUT2D eigenvalue weighted by molar-refractivity contribution is 6.30. The summed E-state index contributed by atoms with van der Waals surface area (Å²) in [6, 6.07) is 7.84. The van der Waals surface area contributed by atoms with Gasteiger partial charge in [-0.1, -0.05) is 43.5 Å². The Balaban J connectivity index is 1.63. The molecular weight excluding hydrogens is 310 g/mol. The van der Waals surface area contributed by atoms with Crippen LogP contribution in [0, 0.1) is 0 Å². The summed E-state index contributed by atoms with van der Waals surface area (Å²) in [5.41, 5.74) is 1.15. The molecule has 1 aromatic rings. The highest BCUT2D eigenvalue weighted by atomic mass is 35.5. The van der Waals surface area contributed by atoms with Gasteiger partial charge in [0.1, 0.15) is 0 Å². The van der Waals surface area contributed by atoms with Crippen LogP contribution in [0.1, 0.15) is 31.7 Å². The fourth-order valence-electron chi connectivity index (χ4n) is 2.88. The molecule has 0 spiro atoms. The van der Waals surface area contributed by atoms with E-state index in [1.807, 2.05) is 29.2 Å². The van der Waals surface area contributed by atoms with Gasteiger partial charge >= 0.3 is 6.03 Å². The van der Waals surface area contributed by atoms with Crippen LogP contribution in [0.15, 0.2) is 24.3 Å². The molecule has 1 heterocycles. The number of carbonyl (C=O) groups excluding carboxylic acids is 1. The predicted molar refractivity (Wildman–Crippen MR) is 96.1 cm³/mol. The maximum Gasteiger partial charge on any atom is 0.317 e. The maximum absolute atomic E-state index is 12.2. The fraction of sp³-hybridized carbons (Fsp3) is 0.611. The molecule has 0 aromatic heterocycles. The zero-order valence-electron chi connectivity index (χ0n) is 14.1. The van der Waals surface area contributed by atoms with E-state index in [2.05, 4.69) is 17.1 Å². The van der Waals surface area contributed by atoms with E-state index in [1.54, 1.807) is 0 Å². The van der Waals surface area contributed by atoms with Crippen molar-refractivity contribution in [3.05, 3.63) is 34.9 Å². The molecule has 1 saturated heterocycles. The zero-order chi connectivity index (χ0) is 16.5. The summed E-state index contributed by atoms with van der Waals surface area (Å²) in [5, 5.41) is 3.76. The molecule has 0 unspecified atom stereocenters. The zero-order valence-corrected chi connectivity index (χ0v) is 14.8. The molecule has 0 aliphatic carbocycles. The Bertz CT molecular complexity index is 487. The van der Waals surface area contributed by atoms with Crippen LogP contribution in [0.25, 0.3) is 0 Å². The number of hydrogen-bond donors (Lipinski definition) is 1. The van der Waals surface area contributed by atoms with Crippen LogP contribution in [0.2, 0.25) is 5.02 Å². The van der Waals surface area contributed by atoms with Crippen LogP contribution < -0.4 is 5.32 Å². The summed E-state index contributed by atoms with van der Waals surface area (Å²) in [5.74, 6) is 0. The summed E-state index contributed by atoms with van der Waals surface area (Å²) >= 11 is 5.97. The molecule has 0 bridgehead atoms. The lowest BCUT2D eigenvalue weighted by molar-refractivity contribution is 0.138. The Kier molecular flexibility index (Phi) is 7.69. The van der Waals surface area contributed by atoms with Crippen molar-refractivity contribution in [1.82, 2.24) is 15.1 Å². The molecule has 1 aromatic carbocycles. The van der Waals surface area contributed by atoms with Crippen molar-refractivity contribution < 1.29 is 4.79 Å². The van der Waals surface area contributed by atoms with Crippen LogP contribution >= 0.6 is 11.6 Å². The second-order valence-corrected chi connectivity index (χ2v) is 6.58. The van der Waals surface area contributed by atoms with Gasteiger partial charge in [-0.05, 0) is 37.1 Å². The second-order valence-electron chi connectivity index (χ2n) is 6.15. The van der Waals surface area contributed by atoms with E-state index >= 15 is 0 Å². The molecule has 1 N–H and O–H groups in total. The summed E-state index contributed by atoms with van der Waals surface area (Å²) in [6.45, 7) is 7.68. The first kappa shape index (κ1) is 18.1. The quantitative estimate of drug-likeness (QED) is 0.774. The largest absolute Gasteiger partial charge is 0.338 e. The Morgan fingerprint density at radius 2 is 2.00 bits per heavy atom. The SMILES string of the molecule is CCCCCN1CCN(C(=O)NCCc2cccc(Cl)c2)CC1. The number of unbranched alkanes of at least 4 members (excludes halogenated alkanes) is 2. The monoisotopic (exact) mass is 337 g/mol. The molecule has 1 fully saturated rings. The van der Waals surface area contributed by atoms with Crippen molar-refractivity contribution in [3.63, 3.8) is 0 Å². The lowest BCUT2D eigenvalue weighted by atomic mass is 10.1. The standard InChI is InChI=1S/C18H28ClN3O/c1-2-3-4-10-21-11-13-22(14-12-21)18(23)20-9-8-16-6-5-7-17(19)15-16/h5-7,15H,2-4,8-14H2,1H3,(H,20,23). The Morgan fingerprint density at radius 3 is 2.70 bits per heavy atom. The topological polar surface area (TPSA) is 35.6 Å². The van der Waals surface area contributed by atoms with E-state index in [0.717, 1.165) is 49.7 Å². The van der Waals surface area contributed by atoms with Crippen LogP contribution in [-0.4, -0.2) is 55.1 Å². The molecule has 0 saturated carbocycles. The molecule has 2 amide bonds. The maximum atomic E-state index is 12.2.